The Hall–Kier alpha value is -1.03. The molecule has 0 bridgehead atoms. The van der Waals surface area contributed by atoms with Crippen LogP contribution in [0.5, 0.6) is 0 Å². The molecule has 1 aromatic carbocycles. The van der Waals surface area contributed by atoms with Gasteiger partial charge in [0, 0.05) is 30.2 Å². The third kappa shape index (κ3) is 2.86. The molecule has 0 fully saturated rings. The Morgan fingerprint density at radius 1 is 1.17 bits per heavy atom. The summed E-state index contributed by atoms with van der Waals surface area (Å²) in [6.07, 6.45) is 1.16. The van der Waals surface area contributed by atoms with Crippen LogP contribution in [0.3, 0.4) is 0 Å². The van der Waals surface area contributed by atoms with Crippen molar-refractivity contribution in [1.29, 1.82) is 0 Å². The molecule has 1 aromatic heterocycles. The number of rotatable bonds is 4. The molecule has 18 heavy (non-hydrogen) atoms. The maximum absolute atomic E-state index is 3.50. The van der Waals surface area contributed by atoms with E-state index in [0.717, 1.165) is 26.1 Å². The SMILES string of the molecule is Cl.c1csc(CNCc2cccc3c2NCC3)c1. The molecular weight excluding hydrogens is 264 g/mol. The van der Waals surface area contributed by atoms with Gasteiger partial charge in [0.2, 0.25) is 0 Å². The molecule has 0 unspecified atom stereocenters. The number of nitrogens with one attached hydrogen (secondary N) is 2. The van der Waals surface area contributed by atoms with Crippen LogP contribution in [0, 0.1) is 0 Å². The van der Waals surface area contributed by atoms with E-state index in [1.807, 2.05) is 0 Å². The van der Waals surface area contributed by atoms with Gasteiger partial charge in [-0.25, -0.2) is 0 Å². The third-order valence-electron chi connectivity index (χ3n) is 3.13. The van der Waals surface area contributed by atoms with Crippen molar-refractivity contribution in [2.24, 2.45) is 0 Å². The topological polar surface area (TPSA) is 24.1 Å². The lowest BCUT2D eigenvalue weighted by Crippen LogP contribution is -2.12. The summed E-state index contributed by atoms with van der Waals surface area (Å²) in [5, 5.41) is 9.10. The molecule has 2 aromatic rings. The van der Waals surface area contributed by atoms with Crippen molar-refractivity contribution >= 4 is 29.4 Å². The molecule has 0 radical (unpaired) electrons. The molecule has 0 atom stereocenters. The molecule has 0 amide bonds. The zero-order valence-electron chi connectivity index (χ0n) is 10.1. The molecule has 4 heteroatoms. The van der Waals surface area contributed by atoms with E-state index in [2.05, 4.69) is 46.3 Å². The van der Waals surface area contributed by atoms with Crippen molar-refractivity contribution < 1.29 is 0 Å². The first-order valence-electron chi connectivity index (χ1n) is 6.01. The van der Waals surface area contributed by atoms with Gasteiger partial charge in [0.15, 0.2) is 0 Å². The minimum atomic E-state index is 0. The average Bonchev–Trinajstić information content (AvgIpc) is 2.99. The molecule has 0 saturated heterocycles. The number of hydrogen-bond acceptors (Lipinski definition) is 3. The van der Waals surface area contributed by atoms with Crippen molar-refractivity contribution in [3.05, 3.63) is 51.7 Å². The normalized spacial score (nSPS) is 12.7. The minimum absolute atomic E-state index is 0. The van der Waals surface area contributed by atoms with Gasteiger partial charge in [-0.2, -0.15) is 0 Å². The summed E-state index contributed by atoms with van der Waals surface area (Å²) in [6.45, 7) is 2.98. The Morgan fingerprint density at radius 3 is 2.94 bits per heavy atom. The number of thiophene rings is 1. The lowest BCUT2D eigenvalue weighted by Gasteiger charge is -2.09. The molecule has 0 aliphatic carbocycles. The average molecular weight is 281 g/mol. The highest BCUT2D eigenvalue weighted by molar-refractivity contribution is 7.09. The number of benzene rings is 1. The molecule has 1 aliphatic rings. The summed E-state index contributed by atoms with van der Waals surface area (Å²) in [5.74, 6) is 0. The fourth-order valence-corrected chi connectivity index (χ4v) is 2.97. The number of fused-ring (bicyclic) bond motifs is 1. The van der Waals surface area contributed by atoms with Gasteiger partial charge >= 0.3 is 0 Å². The van der Waals surface area contributed by atoms with Crippen LogP contribution in [0.15, 0.2) is 35.7 Å². The molecule has 96 valence electrons. The number of para-hydroxylation sites is 1. The minimum Gasteiger partial charge on any atom is -0.384 e. The highest BCUT2D eigenvalue weighted by atomic mass is 35.5. The van der Waals surface area contributed by atoms with Crippen LogP contribution in [-0.2, 0) is 19.5 Å². The van der Waals surface area contributed by atoms with Gasteiger partial charge in [-0.1, -0.05) is 24.3 Å². The van der Waals surface area contributed by atoms with Crippen LogP contribution in [0.2, 0.25) is 0 Å². The first-order valence-corrected chi connectivity index (χ1v) is 6.89. The largest absolute Gasteiger partial charge is 0.384 e. The Bertz CT molecular complexity index is 497. The fraction of sp³-hybridized carbons (Fsp3) is 0.286. The molecule has 2 N–H and O–H groups in total. The van der Waals surface area contributed by atoms with Crippen LogP contribution in [0.1, 0.15) is 16.0 Å². The van der Waals surface area contributed by atoms with E-state index < -0.39 is 0 Å². The lowest BCUT2D eigenvalue weighted by molar-refractivity contribution is 0.702. The molecule has 1 aliphatic heterocycles. The number of halogens is 1. The second kappa shape index (κ2) is 6.23. The molecule has 3 rings (SSSR count). The maximum Gasteiger partial charge on any atom is 0.0419 e. The highest BCUT2D eigenvalue weighted by Gasteiger charge is 2.12. The zero-order chi connectivity index (χ0) is 11.5. The second-order valence-electron chi connectivity index (χ2n) is 4.31. The van der Waals surface area contributed by atoms with E-state index in [1.54, 1.807) is 11.3 Å². The number of hydrogen-bond donors (Lipinski definition) is 2. The predicted molar refractivity (Wildman–Crippen MR) is 80.7 cm³/mol. The lowest BCUT2D eigenvalue weighted by atomic mass is 10.1. The highest BCUT2D eigenvalue weighted by Crippen LogP contribution is 2.26. The predicted octanol–water partition coefficient (Wildman–Crippen LogP) is 3.43. The van der Waals surface area contributed by atoms with E-state index in [-0.39, 0.29) is 12.4 Å². The fourth-order valence-electron chi connectivity index (χ4n) is 2.29. The van der Waals surface area contributed by atoms with Gasteiger partial charge in [0.1, 0.15) is 0 Å². The van der Waals surface area contributed by atoms with Gasteiger partial charge < -0.3 is 10.6 Å². The quantitative estimate of drug-likeness (QED) is 0.897. The molecule has 2 heterocycles. The Morgan fingerprint density at radius 2 is 2.11 bits per heavy atom. The van der Waals surface area contributed by atoms with Gasteiger partial charge in [-0.05, 0) is 29.0 Å². The van der Waals surface area contributed by atoms with Crippen molar-refractivity contribution in [3.8, 4) is 0 Å². The van der Waals surface area contributed by atoms with Crippen LogP contribution in [0.4, 0.5) is 5.69 Å². The van der Waals surface area contributed by atoms with Gasteiger partial charge in [0.25, 0.3) is 0 Å². The van der Waals surface area contributed by atoms with Gasteiger partial charge in [0.05, 0.1) is 0 Å². The van der Waals surface area contributed by atoms with Crippen molar-refractivity contribution in [2.45, 2.75) is 19.5 Å². The summed E-state index contributed by atoms with van der Waals surface area (Å²) in [5.41, 5.74) is 4.20. The van der Waals surface area contributed by atoms with Crippen molar-refractivity contribution in [3.63, 3.8) is 0 Å². The molecule has 2 nitrogen and oxygen atoms in total. The first-order chi connectivity index (χ1) is 8.43. The van der Waals surface area contributed by atoms with Crippen LogP contribution < -0.4 is 10.6 Å². The zero-order valence-corrected chi connectivity index (χ0v) is 11.7. The summed E-state index contributed by atoms with van der Waals surface area (Å²) < 4.78 is 0. The van der Waals surface area contributed by atoms with E-state index in [9.17, 15) is 0 Å². The smallest absolute Gasteiger partial charge is 0.0419 e. The second-order valence-corrected chi connectivity index (χ2v) is 5.34. The van der Waals surface area contributed by atoms with Crippen molar-refractivity contribution in [2.75, 3.05) is 11.9 Å². The van der Waals surface area contributed by atoms with Crippen LogP contribution in [-0.4, -0.2) is 6.54 Å². The van der Waals surface area contributed by atoms with Crippen molar-refractivity contribution in [1.82, 2.24) is 5.32 Å². The van der Waals surface area contributed by atoms with E-state index in [0.29, 0.717) is 0 Å². The van der Waals surface area contributed by atoms with E-state index in [4.69, 9.17) is 0 Å². The standard InChI is InChI=1S/C14H16N2S.ClH/c1-3-11-6-7-16-14(11)12(4-1)9-15-10-13-5-2-8-17-13;/h1-5,8,15-16H,6-7,9-10H2;1H. The van der Waals surface area contributed by atoms with Gasteiger partial charge in [-0.15, -0.1) is 23.7 Å². The molecule has 0 saturated carbocycles. The first kappa shape index (κ1) is 13.4. The maximum atomic E-state index is 3.50. The summed E-state index contributed by atoms with van der Waals surface area (Å²) in [6, 6.07) is 10.9. The third-order valence-corrected chi connectivity index (χ3v) is 4.00. The summed E-state index contributed by atoms with van der Waals surface area (Å²) in [4.78, 5) is 1.39. The molecular formula is C14H17ClN2S. The summed E-state index contributed by atoms with van der Waals surface area (Å²) in [7, 11) is 0. The van der Waals surface area contributed by atoms with Gasteiger partial charge in [-0.3, -0.25) is 0 Å². The van der Waals surface area contributed by atoms with Crippen LogP contribution in [0.25, 0.3) is 0 Å². The monoisotopic (exact) mass is 280 g/mol. The Labute approximate surface area is 118 Å². The Balaban J connectivity index is 0.00000120. The summed E-state index contributed by atoms with van der Waals surface area (Å²) >= 11 is 1.81. The van der Waals surface area contributed by atoms with E-state index >= 15 is 0 Å². The van der Waals surface area contributed by atoms with E-state index in [1.165, 1.54) is 21.7 Å². The van der Waals surface area contributed by atoms with Crippen LogP contribution >= 0.6 is 23.7 Å². The molecule has 0 spiro atoms. The number of anilines is 1. The Kier molecular flexibility index (Phi) is 4.64.